The largest absolute Gasteiger partial charge is 0.497 e. The van der Waals surface area contributed by atoms with Gasteiger partial charge in [-0.05, 0) is 29.0 Å². The molecule has 0 unspecified atom stereocenters. The molecule has 0 atom stereocenters. The summed E-state index contributed by atoms with van der Waals surface area (Å²) in [5.41, 5.74) is 0.602. The summed E-state index contributed by atoms with van der Waals surface area (Å²) in [6.07, 6.45) is 0. The third kappa shape index (κ3) is 2.99. The molecule has 24 heavy (non-hydrogen) atoms. The van der Waals surface area contributed by atoms with Crippen molar-refractivity contribution in [3.05, 3.63) is 71.8 Å². The molecule has 0 amide bonds. The van der Waals surface area contributed by atoms with E-state index in [1.165, 1.54) is 26.4 Å². The van der Waals surface area contributed by atoms with Crippen molar-refractivity contribution in [3.63, 3.8) is 0 Å². The van der Waals surface area contributed by atoms with Crippen molar-refractivity contribution < 1.29 is 19.1 Å². The van der Waals surface area contributed by atoms with E-state index in [2.05, 4.69) is 0 Å². The zero-order valence-electron chi connectivity index (χ0n) is 13.4. The Morgan fingerprint density at radius 3 is 1.88 bits per heavy atom. The first-order valence-electron chi connectivity index (χ1n) is 7.43. The van der Waals surface area contributed by atoms with Crippen molar-refractivity contribution in [2.45, 2.75) is 0 Å². The second-order valence-electron chi connectivity index (χ2n) is 5.32. The van der Waals surface area contributed by atoms with E-state index in [-0.39, 0.29) is 5.56 Å². The Balaban J connectivity index is 1.97. The van der Waals surface area contributed by atoms with Crippen LogP contribution in [0, 0.1) is 0 Å². The number of carbonyl (C=O) groups is 2. The summed E-state index contributed by atoms with van der Waals surface area (Å²) in [5.74, 6) is -0.230. The second-order valence-corrected chi connectivity index (χ2v) is 5.32. The molecule has 0 saturated heterocycles. The van der Waals surface area contributed by atoms with Crippen LogP contribution in [-0.2, 0) is 0 Å². The van der Waals surface area contributed by atoms with Crippen LogP contribution in [-0.4, -0.2) is 25.8 Å². The molecule has 3 aromatic rings. The van der Waals surface area contributed by atoms with Gasteiger partial charge in [0.25, 0.3) is 0 Å². The van der Waals surface area contributed by atoms with Crippen LogP contribution in [0.2, 0.25) is 0 Å². The molecule has 0 N–H and O–H groups in total. The SMILES string of the molecule is COc1cc(OC)cc(C(=O)C(=O)c2ccc3ccccc3c2)c1. The standard InChI is InChI=1S/C20H16O4/c1-23-17-10-16(11-18(12-17)24-2)20(22)19(21)15-8-7-13-5-3-4-6-14(13)9-15/h3-12H,1-2H3. The van der Waals surface area contributed by atoms with Crippen LogP contribution < -0.4 is 9.47 Å². The van der Waals surface area contributed by atoms with E-state index >= 15 is 0 Å². The van der Waals surface area contributed by atoms with E-state index in [1.54, 1.807) is 18.2 Å². The van der Waals surface area contributed by atoms with Gasteiger partial charge in [0.1, 0.15) is 11.5 Å². The molecule has 120 valence electrons. The molecule has 4 heteroatoms. The van der Waals surface area contributed by atoms with Gasteiger partial charge in [-0.1, -0.05) is 36.4 Å². The first-order valence-corrected chi connectivity index (χ1v) is 7.43. The van der Waals surface area contributed by atoms with E-state index in [4.69, 9.17) is 9.47 Å². The molecule has 0 heterocycles. The summed E-state index contributed by atoms with van der Waals surface area (Å²) >= 11 is 0. The Morgan fingerprint density at radius 2 is 1.25 bits per heavy atom. The van der Waals surface area contributed by atoms with Gasteiger partial charge in [-0.2, -0.15) is 0 Å². The number of ketones is 2. The van der Waals surface area contributed by atoms with E-state index in [1.807, 2.05) is 30.3 Å². The van der Waals surface area contributed by atoms with Crippen molar-refractivity contribution in [2.75, 3.05) is 14.2 Å². The fourth-order valence-electron chi connectivity index (χ4n) is 2.53. The highest BCUT2D eigenvalue weighted by atomic mass is 16.5. The summed E-state index contributed by atoms with van der Waals surface area (Å²) in [7, 11) is 2.99. The van der Waals surface area contributed by atoms with Gasteiger partial charge in [0.05, 0.1) is 14.2 Å². The molecule has 0 bridgehead atoms. The predicted molar refractivity (Wildman–Crippen MR) is 92.2 cm³/mol. The highest BCUT2D eigenvalue weighted by molar-refractivity contribution is 6.49. The quantitative estimate of drug-likeness (QED) is 0.528. The number of rotatable bonds is 5. The van der Waals surface area contributed by atoms with Crippen LogP contribution in [0.15, 0.2) is 60.7 Å². The fourth-order valence-corrected chi connectivity index (χ4v) is 2.53. The Labute approximate surface area is 139 Å². The topological polar surface area (TPSA) is 52.6 Å². The fraction of sp³-hybridized carbons (Fsp3) is 0.100. The predicted octanol–water partition coefficient (Wildman–Crippen LogP) is 3.92. The first-order chi connectivity index (χ1) is 11.6. The van der Waals surface area contributed by atoms with Crippen LogP contribution in [0.3, 0.4) is 0 Å². The molecule has 4 nitrogen and oxygen atoms in total. The van der Waals surface area contributed by atoms with Crippen molar-refractivity contribution in [2.24, 2.45) is 0 Å². The molecular formula is C20H16O4. The molecule has 0 saturated carbocycles. The summed E-state index contributed by atoms with van der Waals surface area (Å²) in [5, 5.41) is 1.93. The molecule has 0 aliphatic heterocycles. The Morgan fingerprint density at radius 1 is 0.667 bits per heavy atom. The van der Waals surface area contributed by atoms with Gasteiger partial charge < -0.3 is 9.47 Å². The lowest BCUT2D eigenvalue weighted by Crippen LogP contribution is -2.14. The van der Waals surface area contributed by atoms with Gasteiger partial charge in [0, 0.05) is 17.2 Å². The van der Waals surface area contributed by atoms with E-state index in [9.17, 15) is 9.59 Å². The maximum Gasteiger partial charge on any atom is 0.233 e. The number of hydrogen-bond acceptors (Lipinski definition) is 4. The first kappa shape index (κ1) is 15.7. The molecular weight excluding hydrogens is 304 g/mol. The van der Waals surface area contributed by atoms with E-state index in [0.29, 0.717) is 17.1 Å². The Hall–Kier alpha value is -3.14. The number of Topliss-reactive ketones (excluding diaryl/α,β-unsaturated/α-hetero) is 2. The van der Waals surface area contributed by atoms with E-state index in [0.717, 1.165) is 10.8 Å². The summed E-state index contributed by atoms with van der Waals surface area (Å²) in [6.45, 7) is 0. The lowest BCUT2D eigenvalue weighted by molar-refractivity contribution is 0.0816. The van der Waals surface area contributed by atoms with Crippen LogP contribution >= 0.6 is 0 Å². The van der Waals surface area contributed by atoms with Crippen molar-refractivity contribution >= 4 is 22.3 Å². The molecule has 0 aliphatic carbocycles. The smallest absolute Gasteiger partial charge is 0.233 e. The molecule has 0 radical (unpaired) electrons. The molecule has 3 rings (SSSR count). The average Bonchev–Trinajstić information content (AvgIpc) is 2.65. The lowest BCUT2D eigenvalue weighted by atomic mass is 9.98. The number of benzene rings is 3. The van der Waals surface area contributed by atoms with E-state index < -0.39 is 11.6 Å². The molecule has 0 aromatic heterocycles. The second kappa shape index (κ2) is 6.54. The summed E-state index contributed by atoms with van der Waals surface area (Å²) < 4.78 is 10.3. The van der Waals surface area contributed by atoms with Gasteiger partial charge in [0.15, 0.2) is 0 Å². The van der Waals surface area contributed by atoms with Crippen LogP contribution in [0.1, 0.15) is 20.7 Å². The van der Waals surface area contributed by atoms with Crippen molar-refractivity contribution in [3.8, 4) is 11.5 Å². The summed E-state index contributed by atoms with van der Waals surface area (Å²) in [4.78, 5) is 25.1. The summed E-state index contributed by atoms with van der Waals surface area (Å²) in [6, 6.07) is 17.6. The van der Waals surface area contributed by atoms with Crippen LogP contribution in [0.4, 0.5) is 0 Å². The van der Waals surface area contributed by atoms with Gasteiger partial charge in [-0.3, -0.25) is 9.59 Å². The number of fused-ring (bicyclic) bond motifs is 1. The monoisotopic (exact) mass is 320 g/mol. The highest BCUT2D eigenvalue weighted by Gasteiger charge is 2.20. The molecule has 0 fully saturated rings. The minimum atomic E-state index is -0.595. The molecule has 3 aromatic carbocycles. The van der Waals surface area contributed by atoms with Crippen molar-refractivity contribution in [1.82, 2.24) is 0 Å². The molecule has 0 aliphatic rings. The Kier molecular flexibility index (Phi) is 4.29. The Bertz CT molecular complexity index is 906. The lowest BCUT2D eigenvalue weighted by Gasteiger charge is -2.08. The zero-order chi connectivity index (χ0) is 17.1. The minimum absolute atomic E-state index is 0.240. The van der Waals surface area contributed by atoms with Crippen molar-refractivity contribution in [1.29, 1.82) is 0 Å². The highest BCUT2D eigenvalue weighted by Crippen LogP contribution is 2.24. The molecule has 0 spiro atoms. The normalized spacial score (nSPS) is 10.4. The van der Waals surface area contributed by atoms with Gasteiger partial charge in [0.2, 0.25) is 11.6 Å². The average molecular weight is 320 g/mol. The number of hydrogen-bond donors (Lipinski definition) is 0. The third-order valence-electron chi connectivity index (χ3n) is 3.83. The number of ether oxygens (including phenoxy) is 2. The van der Waals surface area contributed by atoms with Crippen LogP contribution in [0.5, 0.6) is 11.5 Å². The maximum atomic E-state index is 12.6. The third-order valence-corrected chi connectivity index (χ3v) is 3.83. The van der Waals surface area contributed by atoms with Crippen LogP contribution in [0.25, 0.3) is 10.8 Å². The number of carbonyl (C=O) groups excluding carboxylic acids is 2. The maximum absolute atomic E-state index is 12.6. The minimum Gasteiger partial charge on any atom is -0.497 e. The van der Waals surface area contributed by atoms with Gasteiger partial charge in [-0.15, -0.1) is 0 Å². The zero-order valence-corrected chi connectivity index (χ0v) is 13.4. The number of methoxy groups -OCH3 is 2. The van der Waals surface area contributed by atoms with Gasteiger partial charge in [-0.25, -0.2) is 0 Å². The van der Waals surface area contributed by atoms with Gasteiger partial charge >= 0.3 is 0 Å².